The summed E-state index contributed by atoms with van der Waals surface area (Å²) in [5, 5.41) is 0.305. The summed E-state index contributed by atoms with van der Waals surface area (Å²) in [5.74, 6) is -0.222. The highest BCUT2D eigenvalue weighted by Crippen LogP contribution is 2.25. The molecule has 1 aliphatic rings. The second-order valence-electron chi connectivity index (χ2n) is 8.81. The number of imidazole rings is 1. The highest BCUT2D eigenvalue weighted by Gasteiger charge is 2.32. The first kappa shape index (κ1) is 27.7. The average Bonchev–Trinajstić information content (AvgIpc) is 3.53. The molecule has 1 atom stereocenters. The summed E-state index contributed by atoms with van der Waals surface area (Å²) in [6.07, 6.45) is 2.77. The van der Waals surface area contributed by atoms with Gasteiger partial charge in [0.1, 0.15) is 0 Å². The molecule has 2 aromatic carbocycles. The Bertz CT molecular complexity index is 1390. The van der Waals surface area contributed by atoms with Gasteiger partial charge in [0.15, 0.2) is 0 Å². The summed E-state index contributed by atoms with van der Waals surface area (Å²) in [7, 11) is -6.24. The lowest BCUT2D eigenvalue weighted by molar-refractivity contribution is 0.0920. The van der Waals surface area contributed by atoms with Crippen LogP contribution in [0.1, 0.15) is 24.1 Å². The molecular formula is C25H30ClN3O6S2. The minimum atomic E-state index is -3.94. The fourth-order valence-corrected chi connectivity index (χ4v) is 7.33. The molecule has 0 amide bonds. The molecule has 4 rings (SSSR count). The van der Waals surface area contributed by atoms with Crippen molar-refractivity contribution < 1.29 is 26.3 Å². The van der Waals surface area contributed by atoms with Crippen molar-refractivity contribution >= 4 is 31.5 Å². The standard InChI is InChI=1S/C25H30ClN3O6S2/c1-34-15-13-29-22(16-27-25(29)36(30,31)19-20-6-3-2-4-7-20)17-28(18-23-8-5-14-35-23)37(32,33)24-11-9-21(26)10-12-24/h2-4,6-7,9-12,16,23H,5,8,13-15,17-19H2,1H3/t23-/m0/s1. The molecule has 37 heavy (non-hydrogen) atoms. The van der Waals surface area contributed by atoms with Gasteiger partial charge in [-0.1, -0.05) is 41.9 Å². The minimum Gasteiger partial charge on any atom is -0.383 e. The van der Waals surface area contributed by atoms with Crippen LogP contribution in [0.3, 0.4) is 0 Å². The van der Waals surface area contributed by atoms with Crippen molar-refractivity contribution in [1.29, 1.82) is 0 Å². The summed E-state index contributed by atoms with van der Waals surface area (Å²) in [4.78, 5) is 4.33. The molecule has 0 spiro atoms. The zero-order chi connectivity index (χ0) is 26.5. The summed E-state index contributed by atoms with van der Waals surface area (Å²) in [6.45, 7) is 1.05. The van der Waals surface area contributed by atoms with Gasteiger partial charge in [-0.25, -0.2) is 21.8 Å². The molecule has 9 nitrogen and oxygen atoms in total. The number of sulfonamides is 1. The number of hydrogen-bond donors (Lipinski definition) is 0. The van der Waals surface area contributed by atoms with Crippen molar-refractivity contribution in [3.8, 4) is 0 Å². The molecule has 12 heteroatoms. The zero-order valence-corrected chi connectivity index (χ0v) is 22.9. The fraction of sp³-hybridized carbons (Fsp3) is 0.400. The Kier molecular flexibility index (Phi) is 9.04. The van der Waals surface area contributed by atoms with Crippen molar-refractivity contribution in [1.82, 2.24) is 13.9 Å². The van der Waals surface area contributed by atoms with E-state index in [-0.39, 0.29) is 48.1 Å². The Morgan fingerprint density at radius 1 is 1.11 bits per heavy atom. The van der Waals surface area contributed by atoms with Gasteiger partial charge in [0, 0.05) is 31.8 Å². The molecule has 200 valence electrons. The van der Waals surface area contributed by atoms with Gasteiger partial charge < -0.3 is 14.0 Å². The lowest BCUT2D eigenvalue weighted by Crippen LogP contribution is -2.37. The third-order valence-corrected chi connectivity index (χ3v) is 9.79. The predicted molar refractivity (Wildman–Crippen MR) is 139 cm³/mol. The van der Waals surface area contributed by atoms with E-state index in [4.69, 9.17) is 21.1 Å². The first-order valence-corrected chi connectivity index (χ1v) is 15.3. The smallest absolute Gasteiger partial charge is 0.243 e. The van der Waals surface area contributed by atoms with Crippen LogP contribution in [0, 0.1) is 0 Å². The molecule has 1 aliphatic heterocycles. The van der Waals surface area contributed by atoms with E-state index in [9.17, 15) is 16.8 Å². The maximum Gasteiger partial charge on any atom is 0.243 e. The van der Waals surface area contributed by atoms with Crippen LogP contribution >= 0.6 is 11.6 Å². The number of benzene rings is 2. The molecule has 1 saturated heterocycles. The lowest BCUT2D eigenvalue weighted by atomic mass is 10.2. The van der Waals surface area contributed by atoms with Crippen molar-refractivity contribution in [2.75, 3.05) is 26.9 Å². The van der Waals surface area contributed by atoms with Crippen LogP contribution in [0.25, 0.3) is 0 Å². The normalized spacial score (nSPS) is 16.5. The molecule has 0 saturated carbocycles. The molecule has 0 radical (unpaired) electrons. The third-order valence-electron chi connectivity index (χ3n) is 6.12. The first-order chi connectivity index (χ1) is 17.7. The molecule has 3 aromatic rings. The van der Waals surface area contributed by atoms with Gasteiger partial charge >= 0.3 is 0 Å². The highest BCUT2D eigenvalue weighted by atomic mass is 35.5. The summed E-state index contributed by atoms with van der Waals surface area (Å²) in [6, 6.07) is 14.8. The number of nitrogens with zero attached hydrogens (tertiary/aromatic N) is 3. The number of sulfone groups is 1. The molecule has 1 aromatic heterocycles. The van der Waals surface area contributed by atoms with Gasteiger partial charge in [-0.2, -0.15) is 4.31 Å². The molecule has 0 aliphatic carbocycles. The first-order valence-electron chi connectivity index (χ1n) is 11.9. The van der Waals surface area contributed by atoms with Crippen molar-refractivity contribution in [2.45, 2.75) is 47.8 Å². The van der Waals surface area contributed by atoms with E-state index in [1.165, 1.54) is 46.4 Å². The summed E-state index contributed by atoms with van der Waals surface area (Å²) >= 11 is 5.97. The van der Waals surface area contributed by atoms with Crippen molar-refractivity contribution in [3.05, 3.63) is 77.1 Å². The Labute approximate surface area is 223 Å². The molecular weight excluding hydrogens is 538 g/mol. The Morgan fingerprint density at radius 2 is 1.84 bits per heavy atom. The van der Waals surface area contributed by atoms with E-state index < -0.39 is 19.9 Å². The number of methoxy groups -OCH3 is 1. The lowest BCUT2D eigenvalue weighted by Gasteiger charge is -2.25. The Morgan fingerprint density at radius 3 is 2.49 bits per heavy atom. The monoisotopic (exact) mass is 567 g/mol. The fourth-order valence-electron chi connectivity index (χ4n) is 4.25. The minimum absolute atomic E-state index is 0.0810. The molecule has 0 bridgehead atoms. The van der Waals surface area contributed by atoms with Crippen LogP contribution in [-0.4, -0.2) is 63.7 Å². The van der Waals surface area contributed by atoms with E-state index in [0.29, 0.717) is 22.9 Å². The quantitative estimate of drug-likeness (QED) is 0.329. The van der Waals surface area contributed by atoms with E-state index in [1.54, 1.807) is 24.3 Å². The van der Waals surface area contributed by atoms with Crippen molar-refractivity contribution in [2.24, 2.45) is 0 Å². The maximum atomic E-state index is 13.7. The van der Waals surface area contributed by atoms with Crippen LogP contribution in [0.5, 0.6) is 0 Å². The second kappa shape index (κ2) is 12.1. The summed E-state index contributed by atoms with van der Waals surface area (Å²) in [5.41, 5.74) is 1.08. The molecule has 1 fully saturated rings. The topological polar surface area (TPSA) is 108 Å². The van der Waals surface area contributed by atoms with Crippen LogP contribution in [-0.2, 0) is 48.2 Å². The molecule has 2 heterocycles. The maximum absolute atomic E-state index is 13.7. The van der Waals surface area contributed by atoms with Crippen LogP contribution < -0.4 is 0 Å². The predicted octanol–water partition coefficient (Wildman–Crippen LogP) is 3.53. The number of halogens is 1. The van der Waals surface area contributed by atoms with Gasteiger partial charge in [-0.3, -0.25) is 0 Å². The van der Waals surface area contributed by atoms with Crippen molar-refractivity contribution in [3.63, 3.8) is 0 Å². The highest BCUT2D eigenvalue weighted by molar-refractivity contribution is 7.90. The van der Waals surface area contributed by atoms with E-state index in [0.717, 1.165) is 12.8 Å². The van der Waals surface area contributed by atoms with Gasteiger partial charge in [0.2, 0.25) is 25.0 Å². The Balaban J connectivity index is 1.69. The molecule has 0 N–H and O–H groups in total. The van der Waals surface area contributed by atoms with Gasteiger partial charge in [0.05, 0.1) is 41.8 Å². The van der Waals surface area contributed by atoms with Gasteiger partial charge in [-0.15, -0.1) is 0 Å². The van der Waals surface area contributed by atoms with Gasteiger partial charge in [-0.05, 0) is 42.7 Å². The SMILES string of the molecule is COCCn1c(CN(C[C@@H]2CCCO2)S(=O)(=O)c2ccc(Cl)cc2)cnc1S(=O)(=O)Cc1ccccc1. The number of aromatic nitrogens is 2. The van der Waals surface area contributed by atoms with E-state index >= 15 is 0 Å². The number of rotatable bonds is 12. The third kappa shape index (κ3) is 6.78. The number of ether oxygens (including phenoxy) is 2. The van der Waals surface area contributed by atoms with Crippen LogP contribution in [0.2, 0.25) is 5.02 Å². The van der Waals surface area contributed by atoms with E-state index in [1.807, 2.05) is 6.07 Å². The second-order valence-corrected chi connectivity index (χ2v) is 13.1. The average molecular weight is 568 g/mol. The van der Waals surface area contributed by atoms with E-state index in [2.05, 4.69) is 4.98 Å². The molecule has 0 unspecified atom stereocenters. The zero-order valence-electron chi connectivity index (χ0n) is 20.5. The summed E-state index contributed by atoms with van der Waals surface area (Å²) < 4.78 is 67.8. The largest absolute Gasteiger partial charge is 0.383 e. The van der Waals surface area contributed by atoms with Crippen LogP contribution in [0.4, 0.5) is 0 Å². The van der Waals surface area contributed by atoms with Crippen LogP contribution in [0.15, 0.2) is 70.8 Å². The van der Waals surface area contributed by atoms with Gasteiger partial charge in [0.25, 0.3) is 0 Å². The number of hydrogen-bond acceptors (Lipinski definition) is 7. The Hall–Kier alpha value is -2.28.